The molecule has 0 bridgehead atoms. The van der Waals surface area contributed by atoms with E-state index >= 15 is 0 Å². The van der Waals surface area contributed by atoms with Gasteiger partial charge < -0.3 is 24.5 Å². The highest BCUT2D eigenvalue weighted by Crippen LogP contribution is 2.54. The zero-order valence-electron chi connectivity index (χ0n) is 22.8. The van der Waals surface area contributed by atoms with Gasteiger partial charge in [-0.1, -0.05) is 34.7 Å². The molecule has 3 heterocycles. The summed E-state index contributed by atoms with van der Waals surface area (Å²) in [6.45, 7) is -0.336. The fraction of sp³-hybridized carbons (Fsp3) is 0.200. The third kappa shape index (κ3) is 5.49. The number of carbonyl (C=O) groups excluding carboxylic acids is 3. The molecule has 10 nitrogen and oxygen atoms in total. The number of fused-ring (bicyclic) bond motifs is 2. The molecule has 4 aromatic rings. The van der Waals surface area contributed by atoms with Crippen molar-refractivity contribution >= 4 is 63.8 Å². The monoisotopic (exact) mass is 637 g/mol. The van der Waals surface area contributed by atoms with Gasteiger partial charge >= 0.3 is 4.87 Å². The van der Waals surface area contributed by atoms with E-state index in [2.05, 4.69) is 10.3 Å². The summed E-state index contributed by atoms with van der Waals surface area (Å²) < 4.78 is 16.4. The summed E-state index contributed by atoms with van der Waals surface area (Å²) in [5.74, 6) is -1.25. The first-order valence-corrected chi connectivity index (χ1v) is 15.1. The molecule has 6 rings (SSSR count). The minimum absolute atomic E-state index is 0.305. The Hall–Kier alpha value is -4.26. The first-order valence-electron chi connectivity index (χ1n) is 13.0. The van der Waals surface area contributed by atoms with Gasteiger partial charge in [0.2, 0.25) is 11.8 Å². The van der Waals surface area contributed by atoms with Crippen LogP contribution in [0.15, 0.2) is 76.6 Å². The maximum Gasteiger partial charge on any atom is 0.305 e. The van der Waals surface area contributed by atoms with Crippen LogP contribution in [0.2, 0.25) is 5.02 Å². The highest BCUT2D eigenvalue weighted by Gasteiger charge is 2.56. The van der Waals surface area contributed by atoms with Crippen LogP contribution in [-0.4, -0.2) is 48.8 Å². The third-order valence-corrected chi connectivity index (χ3v) is 9.83. The predicted molar refractivity (Wildman–Crippen MR) is 164 cm³/mol. The second-order valence-electron chi connectivity index (χ2n) is 9.71. The van der Waals surface area contributed by atoms with Gasteiger partial charge in [0.1, 0.15) is 22.5 Å². The molecule has 0 spiro atoms. The number of methoxy groups -OCH3 is 2. The van der Waals surface area contributed by atoms with E-state index in [9.17, 15) is 19.2 Å². The van der Waals surface area contributed by atoms with Crippen molar-refractivity contribution in [3.63, 3.8) is 0 Å². The van der Waals surface area contributed by atoms with Crippen molar-refractivity contribution in [3.8, 4) is 17.2 Å². The number of thioether (sulfide) groups is 1. The van der Waals surface area contributed by atoms with E-state index in [4.69, 9.17) is 25.8 Å². The molecule has 1 fully saturated rings. The number of halogens is 1. The predicted octanol–water partition coefficient (Wildman–Crippen LogP) is 4.92. The van der Waals surface area contributed by atoms with Crippen LogP contribution in [0.1, 0.15) is 16.4 Å². The van der Waals surface area contributed by atoms with Gasteiger partial charge in [-0.25, -0.2) is 4.90 Å². The number of carbonyl (C=O) groups is 3. The molecule has 0 aliphatic carbocycles. The maximum absolute atomic E-state index is 14.0. The lowest BCUT2D eigenvalue weighted by molar-refractivity contribution is -0.122. The summed E-state index contributed by atoms with van der Waals surface area (Å²) in [6.07, 6.45) is 0. The molecular formula is C30H24ClN3O7S2. The van der Waals surface area contributed by atoms with Gasteiger partial charge in [0.05, 0.1) is 30.9 Å². The minimum atomic E-state index is -0.854. The summed E-state index contributed by atoms with van der Waals surface area (Å²) in [7, 11) is 3.09. The second kappa shape index (κ2) is 11.8. The number of anilines is 2. The van der Waals surface area contributed by atoms with Gasteiger partial charge in [-0.15, -0.1) is 0 Å². The first-order chi connectivity index (χ1) is 20.8. The maximum atomic E-state index is 14.0. The number of imide groups is 1. The highest BCUT2D eigenvalue weighted by molar-refractivity contribution is 8.00. The number of hydrogen-bond acceptors (Lipinski definition) is 9. The molecular weight excluding hydrogens is 614 g/mol. The van der Waals surface area contributed by atoms with Crippen molar-refractivity contribution in [3.05, 3.63) is 91.9 Å². The molecule has 3 aromatic carbocycles. The van der Waals surface area contributed by atoms with Crippen LogP contribution in [0.5, 0.6) is 17.2 Å². The summed E-state index contributed by atoms with van der Waals surface area (Å²) in [5.41, 5.74) is 1.47. The Kier molecular flexibility index (Phi) is 7.91. The smallest absolute Gasteiger partial charge is 0.305 e. The van der Waals surface area contributed by atoms with Crippen molar-refractivity contribution in [1.29, 1.82) is 0 Å². The molecule has 0 saturated carbocycles. The van der Waals surface area contributed by atoms with Crippen LogP contribution < -0.4 is 29.3 Å². The van der Waals surface area contributed by atoms with Gasteiger partial charge in [-0.2, -0.15) is 0 Å². The van der Waals surface area contributed by atoms with Crippen molar-refractivity contribution in [2.45, 2.75) is 16.2 Å². The van der Waals surface area contributed by atoms with Crippen LogP contribution in [0.4, 0.5) is 11.4 Å². The number of benzene rings is 3. The molecule has 2 aliphatic rings. The first kappa shape index (κ1) is 28.8. The Morgan fingerprint density at radius 1 is 0.953 bits per heavy atom. The Bertz CT molecular complexity index is 1770. The lowest BCUT2D eigenvalue weighted by Crippen LogP contribution is -2.32. The van der Waals surface area contributed by atoms with Crippen LogP contribution in [0.25, 0.3) is 0 Å². The Balaban J connectivity index is 1.33. The van der Waals surface area contributed by atoms with E-state index in [0.29, 0.717) is 49.1 Å². The zero-order valence-corrected chi connectivity index (χ0v) is 25.2. The van der Waals surface area contributed by atoms with Crippen molar-refractivity contribution < 1.29 is 28.6 Å². The van der Waals surface area contributed by atoms with Gasteiger partial charge in [0.15, 0.2) is 6.61 Å². The molecule has 3 atom stereocenters. The number of amides is 3. The highest BCUT2D eigenvalue weighted by atomic mass is 35.5. The van der Waals surface area contributed by atoms with Gasteiger partial charge in [-0.05, 0) is 66.7 Å². The largest absolute Gasteiger partial charge is 0.497 e. The van der Waals surface area contributed by atoms with E-state index in [1.165, 1.54) is 23.8 Å². The normalized spacial score (nSPS) is 19.0. The Labute approximate surface area is 258 Å². The SMILES string of the molecule is COc1ccc(NC(=O)COc2ccc(Cl)cc2C2c3sc(=O)[nH]c3SC3C(=O)N(c4ccc(OC)cc4)C(=O)C32)cc1. The number of H-pyrrole nitrogens is 1. The van der Waals surface area contributed by atoms with E-state index in [1.54, 1.807) is 73.8 Å². The average Bonchev–Trinajstić information content (AvgIpc) is 3.50. The van der Waals surface area contributed by atoms with E-state index in [1.807, 2.05) is 0 Å². The molecule has 1 aromatic heterocycles. The average molecular weight is 638 g/mol. The molecule has 3 unspecified atom stereocenters. The van der Waals surface area contributed by atoms with Crippen molar-refractivity contribution in [2.75, 3.05) is 31.0 Å². The Morgan fingerprint density at radius 3 is 2.30 bits per heavy atom. The number of aromatic nitrogens is 1. The Morgan fingerprint density at radius 2 is 1.63 bits per heavy atom. The van der Waals surface area contributed by atoms with Crippen molar-refractivity contribution in [2.24, 2.45) is 5.92 Å². The van der Waals surface area contributed by atoms with Crippen LogP contribution in [0.3, 0.4) is 0 Å². The summed E-state index contributed by atoms with van der Waals surface area (Å²) in [4.78, 5) is 57.3. The number of aromatic amines is 1. The second-order valence-corrected chi connectivity index (χ2v) is 12.3. The molecule has 3 amide bonds. The third-order valence-electron chi connectivity index (χ3n) is 7.19. The van der Waals surface area contributed by atoms with Crippen LogP contribution >= 0.6 is 34.7 Å². The quantitative estimate of drug-likeness (QED) is 0.261. The van der Waals surface area contributed by atoms with Crippen molar-refractivity contribution in [1.82, 2.24) is 4.98 Å². The number of rotatable bonds is 8. The number of nitrogens with zero attached hydrogens (tertiary/aromatic N) is 1. The lowest BCUT2D eigenvalue weighted by Gasteiger charge is -2.31. The molecule has 220 valence electrons. The fourth-order valence-corrected chi connectivity index (χ4v) is 7.93. The molecule has 43 heavy (non-hydrogen) atoms. The number of hydrogen-bond donors (Lipinski definition) is 2. The molecule has 2 N–H and O–H groups in total. The molecule has 1 saturated heterocycles. The minimum Gasteiger partial charge on any atom is -0.497 e. The van der Waals surface area contributed by atoms with Gasteiger partial charge in [0.25, 0.3) is 5.91 Å². The molecule has 0 radical (unpaired) electrons. The molecule has 2 aliphatic heterocycles. The van der Waals surface area contributed by atoms with E-state index < -0.39 is 34.8 Å². The summed E-state index contributed by atoms with van der Waals surface area (Å²) >= 11 is 8.57. The number of nitrogens with one attached hydrogen (secondary N) is 2. The fourth-order valence-electron chi connectivity index (χ4n) is 5.25. The summed E-state index contributed by atoms with van der Waals surface area (Å²) in [6, 6.07) is 18.4. The topological polar surface area (TPSA) is 127 Å². The zero-order chi connectivity index (χ0) is 30.2. The lowest BCUT2D eigenvalue weighted by atomic mass is 9.82. The van der Waals surface area contributed by atoms with Gasteiger partial charge in [-0.3, -0.25) is 19.2 Å². The number of ether oxygens (including phenoxy) is 3. The van der Waals surface area contributed by atoms with Gasteiger partial charge in [0, 0.05) is 27.1 Å². The number of thiazole rings is 1. The van der Waals surface area contributed by atoms with Crippen LogP contribution in [-0.2, 0) is 14.4 Å². The molecule has 13 heteroatoms. The standard InChI is InChI=1S/C30H24ClN3O7S2/c1-39-18-8-4-16(5-9-18)32-22(35)14-41-21-12-3-15(31)13-20(21)23-24-26(42-27-25(23)43-30(38)33-27)29(37)34(28(24)36)17-6-10-19(40-2)11-7-17/h3-13,23-24,26H,14H2,1-2H3,(H,32,35)(H,33,38). The van der Waals surface area contributed by atoms with E-state index in [0.717, 1.165) is 11.3 Å². The van der Waals surface area contributed by atoms with Crippen LogP contribution in [0, 0.1) is 5.92 Å². The summed E-state index contributed by atoms with van der Waals surface area (Å²) in [5, 5.41) is 2.85. The van der Waals surface area contributed by atoms with E-state index in [-0.39, 0.29) is 11.5 Å².